The zero-order valence-corrected chi connectivity index (χ0v) is 18.5. The minimum atomic E-state index is -0.536. The summed E-state index contributed by atoms with van der Waals surface area (Å²) >= 11 is 7.25. The number of ether oxygens (including phenoxy) is 1. The van der Waals surface area contributed by atoms with Crippen molar-refractivity contribution in [1.29, 1.82) is 0 Å². The molecule has 8 heteroatoms. The molecule has 158 valence electrons. The van der Waals surface area contributed by atoms with E-state index in [0.717, 1.165) is 27.2 Å². The fourth-order valence-corrected chi connectivity index (χ4v) is 4.42. The Kier molecular flexibility index (Phi) is 6.06. The van der Waals surface area contributed by atoms with Gasteiger partial charge in [-0.25, -0.2) is 9.48 Å². The minimum absolute atomic E-state index is 0.176. The zero-order valence-electron chi connectivity index (χ0n) is 17.0. The number of hydrogen-bond acceptors (Lipinski definition) is 5. The Hall–Kier alpha value is -3.16. The lowest BCUT2D eigenvalue weighted by atomic mass is 10.1. The van der Waals surface area contributed by atoms with Crippen LogP contribution < -0.4 is 5.32 Å². The number of carbonyl (C=O) groups excluding carboxylic acids is 2. The lowest BCUT2D eigenvalue weighted by molar-refractivity contribution is -0.124. The molecule has 1 amide bonds. The largest absolute Gasteiger partial charge is 0.451 e. The average molecular weight is 454 g/mol. The molecule has 6 nitrogen and oxygen atoms in total. The van der Waals surface area contributed by atoms with E-state index in [0.29, 0.717) is 9.90 Å². The first-order valence-electron chi connectivity index (χ1n) is 9.69. The summed E-state index contributed by atoms with van der Waals surface area (Å²) in [5, 5.41) is 8.89. The number of thiophene rings is 1. The molecule has 2 aromatic carbocycles. The Morgan fingerprint density at radius 3 is 2.58 bits per heavy atom. The summed E-state index contributed by atoms with van der Waals surface area (Å²) < 4.78 is 7.01. The Labute approximate surface area is 188 Å². The smallest absolute Gasteiger partial charge is 0.348 e. The van der Waals surface area contributed by atoms with Crippen LogP contribution in [0.4, 0.5) is 0 Å². The average Bonchev–Trinajstić information content (AvgIpc) is 3.34. The van der Waals surface area contributed by atoms with Crippen molar-refractivity contribution in [3.8, 4) is 5.69 Å². The molecule has 0 bridgehead atoms. The number of nitrogens with one attached hydrogen (secondary N) is 1. The maximum absolute atomic E-state index is 12.5. The Morgan fingerprint density at radius 1 is 1.16 bits per heavy atom. The maximum atomic E-state index is 12.5. The van der Waals surface area contributed by atoms with Gasteiger partial charge in [-0.2, -0.15) is 5.10 Å². The van der Waals surface area contributed by atoms with Crippen molar-refractivity contribution in [2.24, 2.45) is 0 Å². The minimum Gasteiger partial charge on any atom is -0.451 e. The van der Waals surface area contributed by atoms with Crippen molar-refractivity contribution in [3.05, 3.63) is 81.8 Å². The van der Waals surface area contributed by atoms with Crippen LogP contribution in [0.2, 0.25) is 5.02 Å². The summed E-state index contributed by atoms with van der Waals surface area (Å²) in [4.78, 5) is 26.0. The first-order chi connectivity index (χ1) is 14.9. The number of amides is 1. The van der Waals surface area contributed by atoms with Gasteiger partial charge in [-0.3, -0.25) is 4.79 Å². The summed E-state index contributed by atoms with van der Waals surface area (Å²) in [6.07, 6.45) is 0. The second kappa shape index (κ2) is 8.91. The van der Waals surface area contributed by atoms with Gasteiger partial charge in [0.25, 0.3) is 5.91 Å². The molecule has 2 heterocycles. The standard InChI is InChI=1S/C23H20ClN3O3S/c1-14(16-6-4-3-5-7-16)25-21(28)13-30-23(29)20-12-19-15(2)26-27(22(19)31-20)18-10-8-17(24)9-11-18/h3-12,14H,13H2,1-2H3,(H,25,28)/t14-/m1/s1. The second-order valence-corrected chi connectivity index (χ2v) is 8.55. The normalized spacial score (nSPS) is 12.0. The van der Waals surface area contributed by atoms with Gasteiger partial charge in [-0.1, -0.05) is 41.9 Å². The number of halogens is 1. The molecule has 4 aromatic rings. The summed E-state index contributed by atoms with van der Waals surface area (Å²) in [6.45, 7) is 3.42. The van der Waals surface area contributed by atoms with E-state index in [1.165, 1.54) is 11.3 Å². The number of carbonyl (C=O) groups is 2. The van der Waals surface area contributed by atoms with Crippen LogP contribution in [0.5, 0.6) is 0 Å². The van der Waals surface area contributed by atoms with E-state index < -0.39 is 5.97 Å². The molecule has 0 saturated heterocycles. The van der Waals surface area contributed by atoms with Gasteiger partial charge in [0.05, 0.1) is 17.4 Å². The van der Waals surface area contributed by atoms with E-state index >= 15 is 0 Å². The van der Waals surface area contributed by atoms with Crippen LogP contribution in [0.15, 0.2) is 60.7 Å². The highest BCUT2D eigenvalue weighted by Gasteiger charge is 2.19. The van der Waals surface area contributed by atoms with Gasteiger partial charge in [0, 0.05) is 10.4 Å². The lowest BCUT2D eigenvalue weighted by Gasteiger charge is -2.14. The highest BCUT2D eigenvalue weighted by molar-refractivity contribution is 7.20. The molecule has 0 saturated carbocycles. The molecule has 0 unspecified atom stereocenters. The predicted molar refractivity (Wildman–Crippen MR) is 122 cm³/mol. The van der Waals surface area contributed by atoms with Crippen molar-refractivity contribution >= 4 is 45.0 Å². The number of esters is 1. The first kappa shape index (κ1) is 21.1. The van der Waals surface area contributed by atoms with Gasteiger partial charge >= 0.3 is 5.97 Å². The lowest BCUT2D eigenvalue weighted by Crippen LogP contribution is -2.31. The summed E-state index contributed by atoms with van der Waals surface area (Å²) in [7, 11) is 0. The summed E-state index contributed by atoms with van der Waals surface area (Å²) in [6, 6.07) is 18.5. The molecular weight excluding hydrogens is 434 g/mol. The Balaban J connectivity index is 1.44. The number of nitrogens with zero attached hydrogens (tertiary/aromatic N) is 2. The van der Waals surface area contributed by atoms with Gasteiger partial charge in [0.2, 0.25) is 0 Å². The molecule has 0 aliphatic carbocycles. The van der Waals surface area contributed by atoms with Gasteiger partial charge < -0.3 is 10.1 Å². The van der Waals surface area contributed by atoms with E-state index in [1.54, 1.807) is 22.9 Å². The van der Waals surface area contributed by atoms with Crippen molar-refractivity contribution in [3.63, 3.8) is 0 Å². The van der Waals surface area contributed by atoms with E-state index in [-0.39, 0.29) is 18.6 Å². The highest BCUT2D eigenvalue weighted by Crippen LogP contribution is 2.31. The van der Waals surface area contributed by atoms with Crippen LogP contribution in [0.25, 0.3) is 15.9 Å². The SMILES string of the molecule is Cc1nn(-c2ccc(Cl)cc2)c2sc(C(=O)OCC(=O)N[C@H](C)c3ccccc3)cc12. The van der Waals surface area contributed by atoms with Crippen molar-refractivity contribution in [2.45, 2.75) is 19.9 Å². The van der Waals surface area contributed by atoms with E-state index in [4.69, 9.17) is 16.3 Å². The molecule has 1 atom stereocenters. The van der Waals surface area contributed by atoms with Gasteiger partial charge in [0.15, 0.2) is 6.61 Å². The summed E-state index contributed by atoms with van der Waals surface area (Å²) in [5.74, 6) is -0.889. The molecule has 0 spiro atoms. The zero-order chi connectivity index (χ0) is 22.0. The summed E-state index contributed by atoms with van der Waals surface area (Å²) in [5.41, 5.74) is 2.63. The Morgan fingerprint density at radius 2 is 1.87 bits per heavy atom. The molecule has 2 aromatic heterocycles. The number of hydrogen-bond donors (Lipinski definition) is 1. The third-order valence-electron chi connectivity index (χ3n) is 4.83. The van der Waals surface area contributed by atoms with Gasteiger partial charge in [-0.05, 0) is 49.7 Å². The van der Waals surface area contributed by atoms with Crippen LogP contribution in [0.3, 0.4) is 0 Å². The number of aryl methyl sites for hydroxylation is 1. The van der Waals surface area contributed by atoms with Crippen LogP contribution in [0, 0.1) is 6.92 Å². The van der Waals surface area contributed by atoms with Crippen molar-refractivity contribution in [2.75, 3.05) is 6.61 Å². The second-order valence-electron chi connectivity index (χ2n) is 7.08. The molecule has 31 heavy (non-hydrogen) atoms. The highest BCUT2D eigenvalue weighted by atomic mass is 35.5. The van der Waals surface area contributed by atoms with Gasteiger partial charge in [-0.15, -0.1) is 11.3 Å². The molecule has 0 aliphatic rings. The molecule has 0 fully saturated rings. The maximum Gasteiger partial charge on any atom is 0.348 e. The third kappa shape index (κ3) is 4.62. The van der Waals surface area contributed by atoms with Crippen LogP contribution in [-0.2, 0) is 9.53 Å². The fraction of sp³-hybridized carbons (Fsp3) is 0.174. The third-order valence-corrected chi connectivity index (χ3v) is 6.17. The monoisotopic (exact) mass is 453 g/mol. The van der Waals surface area contributed by atoms with Crippen molar-refractivity contribution in [1.82, 2.24) is 15.1 Å². The molecule has 1 N–H and O–H groups in total. The van der Waals surface area contributed by atoms with E-state index in [1.807, 2.05) is 56.3 Å². The molecule has 0 radical (unpaired) electrons. The number of aromatic nitrogens is 2. The number of rotatable bonds is 6. The predicted octanol–water partition coefficient (Wildman–Crippen LogP) is 5.08. The van der Waals surface area contributed by atoms with Gasteiger partial charge in [0.1, 0.15) is 9.71 Å². The number of benzene rings is 2. The molecule has 4 rings (SSSR count). The topological polar surface area (TPSA) is 73.2 Å². The fourth-order valence-electron chi connectivity index (χ4n) is 3.22. The Bertz CT molecular complexity index is 1230. The molecule has 0 aliphatic heterocycles. The number of fused-ring (bicyclic) bond motifs is 1. The first-order valence-corrected chi connectivity index (χ1v) is 10.9. The molecular formula is C23H20ClN3O3S. The van der Waals surface area contributed by atoms with Crippen LogP contribution >= 0.6 is 22.9 Å². The van der Waals surface area contributed by atoms with Crippen molar-refractivity contribution < 1.29 is 14.3 Å². The van der Waals surface area contributed by atoms with E-state index in [2.05, 4.69) is 10.4 Å². The van der Waals surface area contributed by atoms with Crippen LogP contribution in [0.1, 0.15) is 33.9 Å². The van der Waals surface area contributed by atoms with Crippen LogP contribution in [-0.4, -0.2) is 28.3 Å². The quantitative estimate of drug-likeness (QED) is 0.413. The van der Waals surface area contributed by atoms with E-state index in [9.17, 15) is 9.59 Å².